The quantitative estimate of drug-likeness (QED) is 0.475. The fraction of sp³-hybridized carbons (Fsp3) is 0.263. The van der Waals surface area contributed by atoms with Crippen molar-refractivity contribution in [1.82, 2.24) is 0 Å². The molecule has 0 fully saturated rings. The van der Waals surface area contributed by atoms with Gasteiger partial charge in [-0.2, -0.15) is 0 Å². The largest absolute Gasteiger partial charge is 0.0876 e. The number of hydrogen-bond donors (Lipinski definition) is 0. The SMILES string of the molecule is CC(C)(C)c1ccc(/C=C/c2ccc(CBr)cc2)cc1. The lowest BCUT2D eigenvalue weighted by molar-refractivity contribution is 0.590. The second-order valence-electron chi connectivity index (χ2n) is 6.08. The maximum Gasteiger partial charge on any atom is 0.0283 e. The maximum atomic E-state index is 3.46. The van der Waals surface area contributed by atoms with Gasteiger partial charge in [-0.1, -0.05) is 97.4 Å². The predicted molar refractivity (Wildman–Crippen MR) is 93.1 cm³/mol. The molecule has 104 valence electrons. The molecule has 0 spiro atoms. The van der Waals surface area contributed by atoms with Crippen LogP contribution >= 0.6 is 15.9 Å². The molecule has 0 N–H and O–H groups in total. The first-order valence-electron chi connectivity index (χ1n) is 6.92. The third-order valence-corrected chi connectivity index (χ3v) is 4.03. The highest BCUT2D eigenvalue weighted by molar-refractivity contribution is 9.08. The number of hydrogen-bond acceptors (Lipinski definition) is 0. The van der Waals surface area contributed by atoms with Crippen LogP contribution in [0.2, 0.25) is 0 Å². The van der Waals surface area contributed by atoms with Crippen LogP contribution in [-0.4, -0.2) is 0 Å². The molecule has 2 aromatic rings. The van der Waals surface area contributed by atoms with Crippen molar-refractivity contribution >= 4 is 28.1 Å². The van der Waals surface area contributed by atoms with Crippen LogP contribution in [0.4, 0.5) is 0 Å². The summed E-state index contributed by atoms with van der Waals surface area (Å²) in [5, 5.41) is 0.908. The van der Waals surface area contributed by atoms with Gasteiger partial charge in [0, 0.05) is 5.33 Å². The zero-order valence-corrected chi connectivity index (χ0v) is 13.9. The molecule has 0 heterocycles. The molecule has 0 saturated carbocycles. The first kappa shape index (κ1) is 15.1. The van der Waals surface area contributed by atoms with Crippen LogP contribution in [0.25, 0.3) is 12.2 Å². The predicted octanol–water partition coefficient (Wildman–Crippen LogP) is 6.05. The molecule has 0 atom stereocenters. The highest BCUT2D eigenvalue weighted by Crippen LogP contribution is 2.22. The molecule has 0 amide bonds. The van der Waals surface area contributed by atoms with Gasteiger partial charge in [-0.05, 0) is 27.7 Å². The Morgan fingerprint density at radius 3 is 1.65 bits per heavy atom. The zero-order chi connectivity index (χ0) is 14.6. The van der Waals surface area contributed by atoms with Gasteiger partial charge in [-0.15, -0.1) is 0 Å². The van der Waals surface area contributed by atoms with Gasteiger partial charge in [0.1, 0.15) is 0 Å². The van der Waals surface area contributed by atoms with Crippen molar-refractivity contribution in [3.63, 3.8) is 0 Å². The average Bonchev–Trinajstić information content (AvgIpc) is 2.45. The van der Waals surface area contributed by atoms with Gasteiger partial charge in [0.15, 0.2) is 0 Å². The second kappa shape index (κ2) is 6.41. The summed E-state index contributed by atoms with van der Waals surface area (Å²) in [6.07, 6.45) is 4.32. The van der Waals surface area contributed by atoms with Crippen LogP contribution < -0.4 is 0 Å². The fourth-order valence-corrected chi connectivity index (χ4v) is 2.38. The topological polar surface area (TPSA) is 0 Å². The van der Waals surface area contributed by atoms with Crippen LogP contribution in [0.5, 0.6) is 0 Å². The van der Waals surface area contributed by atoms with E-state index in [1.165, 1.54) is 22.3 Å². The van der Waals surface area contributed by atoms with E-state index < -0.39 is 0 Å². The molecule has 0 bridgehead atoms. The van der Waals surface area contributed by atoms with E-state index in [9.17, 15) is 0 Å². The molecule has 0 aliphatic heterocycles. The summed E-state index contributed by atoms with van der Waals surface area (Å²) in [7, 11) is 0. The van der Waals surface area contributed by atoms with Crippen molar-refractivity contribution in [1.29, 1.82) is 0 Å². The Balaban J connectivity index is 2.10. The molecule has 0 unspecified atom stereocenters. The molecule has 0 aliphatic rings. The Hall–Kier alpha value is -1.34. The average molecular weight is 329 g/mol. The van der Waals surface area contributed by atoms with E-state index in [0.29, 0.717) is 0 Å². The molecule has 0 nitrogen and oxygen atoms in total. The summed E-state index contributed by atoms with van der Waals surface area (Å²) < 4.78 is 0. The second-order valence-corrected chi connectivity index (χ2v) is 6.64. The van der Waals surface area contributed by atoms with Crippen molar-refractivity contribution in [2.75, 3.05) is 0 Å². The third-order valence-electron chi connectivity index (χ3n) is 3.38. The van der Waals surface area contributed by atoms with Gasteiger partial charge in [0.05, 0.1) is 0 Å². The standard InChI is InChI=1S/C19H21Br/c1-19(2,3)18-12-10-16(11-13-18)5-4-15-6-8-17(14-20)9-7-15/h4-13H,14H2,1-3H3/b5-4+. The number of halogens is 1. The van der Waals surface area contributed by atoms with Gasteiger partial charge >= 0.3 is 0 Å². The summed E-state index contributed by atoms with van der Waals surface area (Å²) in [5.74, 6) is 0. The van der Waals surface area contributed by atoms with Crippen LogP contribution in [0.15, 0.2) is 48.5 Å². The number of rotatable bonds is 3. The van der Waals surface area contributed by atoms with E-state index in [1.54, 1.807) is 0 Å². The van der Waals surface area contributed by atoms with Crippen LogP contribution in [0.3, 0.4) is 0 Å². The first-order valence-corrected chi connectivity index (χ1v) is 8.05. The van der Waals surface area contributed by atoms with Gasteiger partial charge in [0.25, 0.3) is 0 Å². The zero-order valence-electron chi connectivity index (χ0n) is 12.4. The fourth-order valence-electron chi connectivity index (χ4n) is 2.00. The number of benzene rings is 2. The van der Waals surface area contributed by atoms with Crippen molar-refractivity contribution in [2.45, 2.75) is 31.5 Å². The summed E-state index contributed by atoms with van der Waals surface area (Å²) in [6, 6.07) is 17.4. The molecule has 2 aromatic carbocycles. The van der Waals surface area contributed by atoms with Crippen LogP contribution in [0.1, 0.15) is 43.0 Å². The highest BCUT2D eigenvalue weighted by atomic mass is 79.9. The van der Waals surface area contributed by atoms with E-state index in [1.807, 2.05) is 0 Å². The van der Waals surface area contributed by atoms with E-state index in [0.717, 1.165) is 5.33 Å². The van der Waals surface area contributed by atoms with Gasteiger partial charge in [-0.3, -0.25) is 0 Å². The number of alkyl halides is 1. The lowest BCUT2D eigenvalue weighted by Gasteiger charge is -2.18. The minimum Gasteiger partial charge on any atom is -0.0876 e. The molecule has 1 heteroatoms. The van der Waals surface area contributed by atoms with Gasteiger partial charge < -0.3 is 0 Å². The normalized spacial score (nSPS) is 12.0. The molecule has 0 radical (unpaired) electrons. The van der Waals surface area contributed by atoms with Crippen molar-refractivity contribution in [3.8, 4) is 0 Å². The molecule has 0 saturated heterocycles. The minimum atomic E-state index is 0.216. The van der Waals surface area contributed by atoms with Crippen LogP contribution in [-0.2, 0) is 10.7 Å². The molecule has 20 heavy (non-hydrogen) atoms. The van der Waals surface area contributed by atoms with E-state index in [-0.39, 0.29) is 5.41 Å². The monoisotopic (exact) mass is 328 g/mol. The summed E-state index contributed by atoms with van der Waals surface area (Å²) in [5.41, 5.74) is 5.36. The minimum absolute atomic E-state index is 0.216. The smallest absolute Gasteiger partial charge is 0.0283 e. The summed E-state index contributed by atoms with van der Waals surface area (Å²) >= 11 is 3.46. The lowest BCUT2D eigenvalue weighted by atomic mass is 9.87. The Bertz CT molecular complexity index is 569. The van der Waals surface area contributed by atoms with E-state index >= 15 is 0 Å². The Morgan fingerprint density at radius 2 is 1.25 bits per heavy atom. The summed E-state index contributed by atoms with van der Waals surface area (Å²) in [4.78, 5) is 0. The van der Waals surface area contributed by atoms with Crippen molar-refractivity contribution in [2.24, 2.45) is 0 Å². The maximum absolute atomic E-state index is 3.46. The molecule has 0 aromatic heterocycles. The Labute approximate surface area is 130 Å². The molecule has 0 aliphatic carbocycles. The Kier molecular flexibility index (Phi) is 4.82. The van der Waals surface area contributed by atoms with E-state index in [2.05, 4.69) is 97.4 Å². The van der Waals surface area contributed by atoms with Gasteiger partial charge in [0.2, 0.25) is 0 Å². The molecular weight excluding hydrogens is 308 g/mol. The van der Waals surface area contributed by atoms with Crippen molar-refractivity contribution in [3.05, 3.63) is 70.8 Å². The third kappa shape index (κ3) is 4.08. The molecule has 2 rings (SSSR count). The first-order chi connectivity index (χ1) is 9.49. The van der Waals surface area contributed by atoms with Gasteiger partial charge in [-0.25, -0.2) is 0 Å². The van der Waals surface area contributed by atoms with Crippen molar-refractivity contribution < 1.29 is 0 Å². The van der Waals surface area contributed by atoms with Crippen LogP contribution in [0, 0.1) is 0 Å². The highest BCUT2D eigenvalue weighted by Gasteiger charge is 2.12. The lowest BCUT2D eigenvalue weighted by Crippen LogP contribution is -2.10. The summed E-state index contributed by atoms with van der Waals surface area (Å²) in [6.45, 7) is 6.72. The Morgan fingerprint density at radius 1 is 0.800 bits per heavy atom. The van der Waals surface area contributed by atoms with E-state index in [4.69, 9.17) is 0 Å². The molecular formula is C19H21Br.